The Morgan fingerprint density at radius 1 is 1.30 bits per heavy atom. The summed E-state index contributed by atoms with van der Waals surface area (Å²) in [6.45, 7) is 5.83. The van der Waals surface area contributed by atoms with Crippen molar-refractivity contribution in [1.82, 2.24) is 9.80 Å². The van der Waals surface area contributed by atoms with Crippen molar-refractivity contribution in [3.8, 4) is 6.07 Å². The van der Waals surface area contributed by atoms with Crippen molar-refractivity contribution >= 4 is 0 Å². The van der Waals surface area contributed by atoms with E-state index in [1.165, 1.54) is 24.9 Å². The van der Waals surface area contributed by atoms with E-state index in [-0.39, 0.29) is 6.04 Å². The number of hydrogen-bond donors (Lipinski definition) is 0. The fourth-order valence-electron chi connectivity index (χ4n) is 3.83. The molecule has 0 saturated carbocycles. The highest BCUT2D eigenvalue weighted by atomic mass is 15.3. The van der Waals surface area contributed by atoms with Gasteiger partial charge >= 0.3 is 0 Å². The fraction of sp³-hybridized carbons (Fsp3) is 0.588. The van der Waals surface area contributed by atoms with Gasteiger partial charge in [-0.1, -0.05) is 30.3 Å². The summed E-state index contributed by atoms with van der Waals surface area (Å²) in [5, 5.41) is 9.22. The van der Waals surface area contributed by atoms with E-state index in [4.69, 9.17) is 0 Å². The van der Waals surface area contributed by atoms with E-state index in [2.05, 4.69) is 47.1 Å². The standard InChI is InChI=1S/C17H23N3/c1-14-12-19-11-5-8-16(19)13-20(14)17(9-10-18)15-6-3-2-4-7-15/h2-4,6-7,14,16-17H,5,8-9,11-13H2,1H3. The van der Waals surface area contributed by atoms with Crippen molar-refractivity contribution in [2.24, 2.45) is 0 Å². The third kappa shape index (κ3) is 2.59. The molecular weight excluding hydrogens is 246 g/mol. The molecule has 0 amide bonds. The molecule has 0 radical (unpaired) electrons. The molecule has 1 aromatic carbocycles. The second-order valence-electron chi connectivity index (χ2n) is 6.13. The van der Waals surface area contributed by atoms with Gasteiger partial charge in [-0.15, -0.1) is 0 Å². The lowest BCUT2D eigenvalue weighted by Crippen LogP contribution is -2.55. The summed E-state index contributed by atoms with van der Waals surface area (Å²) in [6, 6.07) is 14.4. The first-order valence-electron chi connectivity index (χ1n) is 7.71. The van der Waals surface area contributed by atoms with Crippen LogP contribution in [-0.2, 0) is 0 Å². The zero-order valence-electron chi connectivity index (χ0n) is 12.2. The Balaban J connectivity index is 1.82. The molecule has 3 nitrogen and oxygen atoms in total. The molecule has 3 unspecified atom stereocenters. The molecule has 0 spiro atoms. The van der Waals surface area contributed by atoms with Gasteiger partial charge in [0.1, 0.15) is 0 Å². The SMILES string of the molecule is CC1CN2CCCC2CN1C(CC#N)c1ccccc1. The van der Waals surface area contributed by atoms with Gasteiger partial charge in [0.05, 0.1) is 12.5 Å². The Hall–Kier alpha value is -1.37. The van der Waals surface area contributed by atoms with E-state index in [1.807, 2.05) is 6.07 Å². The van der Waals surface area contributed by atoms with E-state index in [1.54, 1.807) is 0 Å². The van der Waals surface area contributed by atoms with Crippen molar-refractivity contribution in [1.29, 1.82) is 5.26 Å². The van der Waals surface area contributed by atoms with E-state index in [9.17, 15) is 5.26 Å². The Bertz CT molecular complexity index is 479. The third-order valence-corrected chi connectivity index (χ3v) is 4.85. The van der Waals surface area contributed by atoms with Crippen molar-refractivity contribution in [3.05, 3.63) is 35.9 Å². The summed E-state index contributed by atoms with van der Waals surface area (Å²) in [6.07, 6.45) is 3.23. The maximum atomic E-state index is 9.22. The molecule has 106 valence electrons. The number of nitriles is 1. The Morgan fingerprint density at radius 2 is 2.10 bits per heavy atom. The lowest BCUT2D eigenvalue weighted by atomic mass is 9.97. The van der Waals surface area contributed by atoms with E-state index < -0.39 is 0 Å². The predicted octanol–water partition coefficient (Wildman–Crippen LogP) is 2.81. The van der Waals surface area contributed by atoms with Crippen molar-refractivity contribution in [3.63, 3.8) is 0 Å². The predicted molar refractivity (Wildman–Crippen MR) is 80.2 cm³/mol. The fourth-order valence-corrected chi connectivity index (χ4v) is 3.83. The smallest absolute Gasteiger partial charge is 0.0641 e. The first-order valence-corrected chi connectivity index (χ1v) is 7.71. The van der Waals surface area contributed by atoms with Gasteiger partial charge in [-0.05, 0) is 31.9 Å². The highest BCUT2D eigenvalue weighted by Crippen LogP contribution is 2.32. The molecule has 20 heavy (non-hydrogen) atoms. The molecule has 3 rings (SSSR count). The van der Waals surface area contributed by atoms with Gasteiger partial charge in [0.2, 0.25) is 0 Å². The zero-order valence-corrected chi connectivity index (χ0v) is 12.2. The highest BCUT2D eigenvalue weighted by Gasteiger charge is 2.37. The first-order chi connectivity index (χ1) is 9.79. The van der Waals surface area contributed by atoms with Gasteiger partial charge < -0.3 is 0 Å². The molecular formula is C17H23N3. The number of rotatable bonds is 3. The molecule has 0 N–H and O–H groups in total. The van der Waals surface area contributed by atoms with Crippen LogP contribution in [0, 0.1) is 11.3 Å². The Morgan fingerprint density at radius 3 is 2.85 bits per heavy atom. The van der Waals surface area contributed by atoms with Gasteiger partial charge in [-0.25, -0.2) is 0 Å². The molecule has 3 heteroatoms. The second-order valence-corrected chi connectivity index (χ2v) is 6.13. The summed E-state index contributed by atoms with van der Waals surface area (Å²) in [4.78, 5) is 5.20. The van der Waals surface area contributed by atoms with Crippen molar-refractivity contribution in [2.45, 2.75) is 44.3 Å². The average molecular weight is 269 g/mol. The molecule has 3 atom stereocenters. The summed E-state index contributed by atoms with van der Waals surface area (Å²) < 4.78 is 0. The Kier molecular flexibility index (Phi) is 4.05. The van der Waals surface area contributed by atoms with Crippen LogP contribution < -0.4 is 0 Å². The second kappa shape index (κ2) is 5.95. The average Bonchev–Trinajstić information content (AvgIpc) is 2.92. The molecule has 2 fully saturated rings. The molecule has 0 aliphatic carbocycles. The molecule has 2 aliphatic heterocycles. The van der Waals surface area contributed by atoms with Crippen LogP contribution in [0.3, 0.4) is 0 Å². The molecule has 2 heterocycles. The minimum atomic E-state index is 0.249. The summed E-state index contributed by atoms with van der Waals surface area (Å²) in [7, 11) is 0. The molecule has 1 aromatic rings. The van der Waals surface area contributed by atoms with Crippen LogP contribution in [0.5, 0.6) is 0 Å². The minimum absolute atomic E-state index is 0.249. The van der Waals surface area contributed by atoms with Crippen molar-refractivity contribution in [2.75, 3.05) is 19.6 Å². The quantitative estimate of drug-likeness (QED) is 0.845. The number of fused-ring (bicyclic) bond motifs is 1. The molecule has 0 bridgehead atoms. The summed E-state index contributed by atoms with van der Waals surface area (Å²) in [5.41, 5.74) is 1.28. The van der Waals surface area contributed by atoms with E-state index >= 15 is 0 Å². The molecule has 0 aromatic heterocycles. The number of hydrogen-bond acceptors (Lipinski definition) is 3. The topological polar surface area (TPSA) is 30.3 Å². The maximum absolute atomic E-state index is 9.22. The van der Waals surface area contributed by atoms with E-state index in [0.717, 1.165) is 13.1 Å². The first kappa shape index (κ1) is 13.6. The van der Waals surface area contributed by atoms with Gasteiger partial charge in [-0.2, -0.15) is 5.26 Å². The van der Waals surface area contributed by atoms with Crippen LogP contribution in [0.1, 0.15) is 37.8 Å². The largest absolute Gasteiger partial charge is 0.298 e. The van der Waals surface area contributed by atoms with Gasteiger partial charge in [-0.3, -0.25) is 9.80 Å². The van der Waals surface area contributed by atoms with Crippen LogP contribution in [-0.4, -0.2) is 41.5 Å². The zero-order chi connectivity index (χ0) is 13.9. The van der Waals surface area contributed by atoms with Crippen molar-refractivity contribution < 1.29 is 0 Å². The van der Waals surface area contributed by atoms with Crippen LogP contribution >= 0.6 is 0 Å². The van der Waals surface area contributed by atoms with Gasteiger partial charge in [0.15, 0.2) is 0 Å². The highest BCUT2D eigenvalue weighted by molar-refractivity contribution is 5.21. The number of piperazine rings is 1. The maximum Gasteiger partial charge on any atom is 0.0641 e. The van der Waals surface area contributed by atoms with Crippen LogP contribution in [0.4, 0.5) is 0 Å². The summed E-state index contributed by atoms with van der Waals surface area (Å²) in [5.74, 6) is 0. The normalized spacial score (nSPS) is 28.8. The van der Waals surface area contributed by atoms with Crippen LogP contribution in [0.2, 0.25) is 0 Å². The lowest BCUT2D eigenvalue weighted by molar-refractivity contribution is 0.0283. The molecule has 2 saturated heterocycles. The lowest BCUT2D eigenvalue weighted by Gasteiger charge is -2.45. The summed E-state index contributed by atoms with van der Waals surface area (Å²) >= 11 is 0. The Labute approximate surface area is 121 Å². The van der Waals surface area contributed by atoms with Gasteiger partial charge in [0.25, 0.3) is 0 Å². The molecule has 2 aliphatic rings. The van der Waals surface area contributed by atoms with Gasteiger partial charge in [0, 0.05) is 31.2 Å². The minimum Gasteiger partial charge on any atom is -0.298 e. The number of benzene rings is 1. The van der Waals surface area contributed by atoms with Crippen LogP contribution in [0.25, 0.3) is 0 Å². The number of nitrogens with zero attached hydrogens (tertiary/aromatic N) is 3. The van der Waals surface area contributed by atoms with E-state index in [0.29, 0.717) is 18.5 Å². The van der Waals surface area contributed by atoms with Crippen LogP contribution in [0.15, 0.2) is 30.3 Å². The third-order valence-electron chi connectivity index (χ3n) is 4.85. The monoisotopic (exact) mass is 269 g/mol.